The highest BCUT2D eigenvalue weighted by atomic mass is 32.2. The fraction of sp³-hybridized carbons (Fsp3) is 0.0400. The molecule has 0 bridgehead atoms. The van der Waals surface area contributed by atoms with Crippen molar-refractivity contribution in [3.63, 3.8) is 0 Å². The normalized spacial score (nSPS) is 11.4. The Bertz CT molecular complexity index is 1650. The van der Waals surface area contributed by atoms with Crippen LogP contribution in [0.25, 0.3) is 26.8 Å². The van der Waals surface area contributed by atoms with Crippen molar-refractivity contribution < 1.29 is 9.90 Å². The predicted molar refractivity (Wildman–Crippen MR) is 133 cm³/mol. The van der Waals surface area contributed by atoms with Gasteiger partial charge in [0.2, 0.25) is 5.16 Å². The maximum absolute atomic E-state index is 11.3. The Morgan fingerprint density at radius 3 is 2.71 bits per heavy atom. The number of benzene rings is 3. The summed E-state index contributed by atoms with van der Waals surface area (Å²) in [6, 6.07) is 23.2. The Balaban J connectivity index is 1.40. The van der Waals surface area contributed by atoms with E-state index in [0.717, 1.165) is 37.1 Å². The van der Waals surface area contributed by atoms with Gasteiger partial charge >= 0.3 is 5.97 Å². The van der Waals surface area contributed by atoms with Crippen LogP contribution >= 0.6 is 23.1 Å². The van der Waals surface area contributed by atoms with Crippen molar-refractivity contribution >= 4 is 50.2 Å². The van der Waals surface area contributed by atoms with Gasteiger partial charge in [-0.2, -0.15) is 0 Å². The third kappa shape index (κ3) is 3.74. The van der Waals surface area contributed by atoms with Crippen molar-refractivity contribution in [1.29, 1.82) is 0 Å². The number of fused-ring (bicyclic) bond motifs is 2. The third-order valence-corrected chi connectivity index (χ3v) is 7.56. The second-order valence-electron chi connectivity index (χ2n) is 7.68. The van der Waals surface area contributed by atoms with Crippen LogP contribution in [0.5, 0.6) is 0 Å². The first-order valence-electron chi connectivity index (χ1n) is 10.5. The van der Waals surface area contributed by atoms with E-state index < -0.39 is 5.97 Å². The number of hydrogen-bond acceptors (Lipinski definition) is 6. The van der Waals surface area contributed by atoms with Crippen LogP contribution < -0.4 is 0 Å². The zero-order valence-corrected chi connectivity index (χ0v) is 19.3. The van der Waals surface area contributed by atoms with Gasteiger partial charge in [0.1, 0.15) is 5.82 Å². The first-order chi connectivity index (χ1) is 16.7. The van der Waals surface area contributed by atoms with Gasteiger partial charge in [0, 0.05) is 29.2 Å². The SMILES string of the molecule is O=C(O)c1ccc2nc(Sc3nnc(Cc4c[nH]c5ccccc45)n3-c3ccccc3)sc2c1. The average molecular weight is 484 g/mol. The van der Waals surface area contributed by atoms with Gasteiger partial charge in [-0.25, -0.2) is 9.78 Å². The average Bonchev–Trinajstić information content (AvgIpc) is 3.56. The molecule has 0 unspecified atom stereocenters. The number of H-pyrrole nitrogens is 1. The van der Waals surface area contributed by atoms with Crippen LogP contribution in [-0.4, -0.2) is 35.8 Å². The molecule has 0 aliphatic carbocycles. The number of hydrogen-bond donors (Lipinski definition) is 2. The van der Waals surface area contributed by atoms with Crippen molar-refractivity contribution in [1.82, 2.24) is 24.7 Å². The standard InChI is InChI=1S/C25H17N5O2S2/c31-23(32)15-10-11-20-21(12-15)33-25(27-20)34-24-29-28-22(30(24)17-6-2-1-3-7-17)13-16-14-26-19-9-5-4-8-18(16)19/h1-12,14,26H,13H2,(H,31,32). The van der Waals surface area contributed by atoms with Gasteiger partial charge in [0.05, 0.1) is 15.8 Å². The summed E-state index contributed by atoms with van der Waals surface area (Å²) >= 11 is 2.87. The molecule has 0 saturated heterocycles. The minimum atomic E-state index is -0.949. The zero-order valence-electron chi connectivity index (χ0n) is 17.7. The molecule has 0 aliphatic rings. The van der Waals surface area contributed by atoms with Crippen molar-refractivity contribution in [2.45, 2.75) is 15.9 Å². The van der Waals surface area contributed by atoms with E-state index in [1.807, 2.05) is 48.7 Å². The number of nitrogens with one attached hydrogen (secondary N) is 1. The van der Waals surface area contributed by atoms with E-state index in [2.05, 4.69) is 36.9 Å². The van der Waals surface area contributed by atoms with Crippen LogP contribution in [0.3, 0.4) is 0 Å². The first kappa shape index (κ1) is 20.6. The summed E-state index contributed by atoms with van der Waals surface area (Å²) in [7, 11) is 0. The van der Waals surface area contributed by atoms with E-state index in [0.29, 0.717) is 11.6 Å². The molecule has 3 heterocycles. The summed E-state index contributed by atoms with van der Waals surface area (Å²) in [4.78, 5) is 19.3. The summed E-state index contributed by atoms with van der Waals surface area (Å²) in [5.41, 5.74) is 4.23. The number of rotatable bonds is 6. The van der Waals surface area contributed by atoms with Crippen LogP contribution in [0.15, 0.2) is 88.5 Å². The predicted octanol–water partition coefficient (Wildman–Crippen LogP) is 5.80. The molecule has 0 fully saturated rings. The smallest absolute Gasteiger partial charge is 0.335 e. The molecule has 6 aromatic rings. The summed E-state index contributed by atoms with van der Waals surface area (Å²) in [5, 5.41) is 20.2. The summed E-state index contributed by atoms with van der Waals surface area (Å²) in [6.45, 7) is 0. The van der Waals surface area contributed by atoms with Gasteiger partial charge in [-0.1, -0.05) is 36.4 Å². The number of carboxylic acids is 1. The molecular weight excluding hydrogens is 466 g/mol. The highest BCUT2D eigenvalue weighted by Gasteiger charge is 2.19. The fourth-order valence-electron chi connectivity index (χ4n) is 3.92. The quantitative estimate of drug-likeness (QED) is 0.311. The molecule has 0 amide bonds. The second kappa shape index (κ2) is 8.44. The lowest BCUT2D eigenvalue weighted by atomic mass is 10.1. The second-order valence-corrected chi connectivity index (χ2v) is 9.92. The summed E-state index contributed by atoms with van der Waals surface area (Å²) in [5.74, 6) is -0.122. The highest BCUT2D eigenvalue weighted by molar-refractivity contribution is 8.01. The van der Waals surface area contributed by atoms with Crippen molar-refractivity contribution in [2.75, 3.05) is 0 Å². The topological polar surface area (TPSA) is 96.7 Å². The maximum atomic E-state index is 11.3. The molecule has 7 nitrogen and oxygen atoms in total. The molecule has 166 valence electrons. The van der Waals surface area contributed by atoms with Crippen LogP contribution in [0, 0.1) is 0 Å². The lowest BCUT2D eigenvalue weighted by molar-refractivity contribution is 0.0697. The van der Waals surface area contributed by atoms with Crippen LogP contribution in [0.4, 0.5) is 0 Å². The van der Waals surface area contributed by atoms with E-state index in [4.69, 9.17) is 0 Å². The number of carbonyl (C=O) groups is 1. The molecular formula is C25H17N5O2S2. The molecule has 6 rings (SSSR count). The highest BCUT2D eigenvalue weighted by Crippen LogP contribution is 2.35. The molecule has 34 heavy (non-hydrogen) atoms. The minimum absolute atomic E-state index is 0.251. The molecule has 0 atom stereocenters. The molecule has 0 aliphatic heterocycles. The van der Waals surface area contributed by atoms with Gasteiger partial charge < -0.3 is 10.1 Å². The maximum Gasteiger partial charge on any atom is 0.335 e. The van der Waals surface area contributed by atoms with E-state index in [1.165, 1.54) is 28.5 Å². The lowest BCUT2D eigenvalue weighted by Gasteiger charge is -2.09. The summed E-state index contributed by atoms with van der Waals surface area (Å²) < 4.78 is 3.66. The van der Waals surface area contributed by atoms with E-state index >= 15 is 0 Å². The molecule has 0 radical (unpaired) electrons. The monoisotopic (exact) mass is 483 g/mol. The van der Waals surface area contributed by atoms with Gasteiger partial charge in [0.25, 0.3) is 0 Å². The minimum Gasteiger partial charge on any atom is -0.478 e. The van der Waals surface area contributed by atoms with Gasteiger partial charge in [0.15, 0.2) is 4.34 Å². The third-order valence-electron chi connectivity index (χ3n) is 5.53. The molecule has 2 N–H and O–H groups in total. The van der Waals surface area contributed by atoms with Crippen LogP contribution in [0.1, 0.15) is 21.7 Å². The molecule has 0 saturated carbocycles. The van der Waals surface area contributed by atoms with Gasteiger partial charge in [-0.3, -0.25) is 4.57 Å². The lowest BCUT2D eigenvalue weighted by Crippen LogP contribution is -2.03. The number of para-hydroxylation sites is 2. The van der Waals surface area contributed by atoms with E-state index in [1.54, 1.807) is 18.2 Å². The number of thiazole rings is 1. The number of aromatic nitrogens is 5. The largest absolute Gasteiger partial charge is 0.478 e. The van der Waals surface area contributed by atoms with Crippen molar-refractivity contribution in [2.24, 2.45) is 0 Å². The molecule has 3 aromatic carbocycles. The zero-order chi connectivity index (χ0) is 23.1. The van der Waals surface area contributed by atoms with Crippen molar-refractivity contribution in [3.05, 3.63) is 95.9 Å². The first-order valence-corrected chi connectivity index (χ1v) is 12.2. The number of aromatic amines is 1. The Labute approximate surface area is 202 Å². The summed E-state index contributed by atoms with van der Waals surface area (Å²) in [6.07, 6.45) is 2.64. The van der Waals surface area contributed by atoms with Crippen LogP contribution in [-0.2, 0) is 6.42 Å². The number of aromatic carboxylic acids is 1. The molecule has 9 heteroatoms. The number of carboxylic acid groups (broad SMARTS) is 1. The Kier molecular flexibility index (Phi) is 5.12. The van der Waals surface area contributed by atoms with Gasteiger partial charge in [-0.05, 0) is 53.7 Å². The van der Waals surface area contributed by atoms with E-state index in [9.17, 15) is 9.90 Å². The Morgan fingerprint density at radius 1 is 1.03 bits per heavy atom. The molecule has 0 spiro atoms. The Hall–Kier alpha value is -3.95. The molecule has 3 aromatic heterocycles. The van der Waals surface area contributed by atoms with E-state index in [-0.39, 0.29) is 5.56 Å². The number of nitrogens with zero attached hydrogens (tertiary/aromatic N) is 4. The van der Waals surface area contributed by atoms with Crippen molar-refractivity contribution in [3.8, 4) is 5.69 Å². The fourth-order valence-corrected chi connectivity index (χ4v) is 6.00. The van der Waals surface area contributed by atoms with Gasteiger partial charge in [-0.15, -0.1) is 21.5 Å². The van der Waals surface area contributed by atoms with Crippen LogP contribution in [0.2, 0.25) is 0 Å². The Morgan fingerprint density at radius 2 is 1.85 bits per heavy atom.